The number of hydrogen-bond acceptors (Lipinski definition) is 7. The fourth-order valence-corrected chi connectivity index (χ4v) is 6.88. The maximum atomic E-state index is 14.0. The summed E-state index contributed by atoms with van der Waals surface area (Å²) < 4.78 is 6.44. The molecule has 4 heterocycles. The van der Waals surface area contributed by atoms with E-state index in [-0.39, 0.29) is 17.7 Å². The Labute approximate surface area is 218 Å². The topological polar surface area (TPSA) is 121 Å². The summed E-state index contributed by atoms with van der Waals surface area (Å²) in [6.07, 6.45) is -0.309. The number of benzene rings is 3. The minimum absolute atomic E-state index is 0.236. The molecular formula is C29H25N5O4. The molecule has 0 radical (unpaired) electrons. The van der Waals surface area contributed by atoms with Gasteiger partial charge in [0.1, 0.15) is 22.7 Å². The van der Waals surface area contributed by atoms with E-state index < -0.39 is 41.0 Å². The van der Waals surface area contributed by atoms with E-state index in [1.807, 2.05) is 55.5 Å². The lowest BCUT2D eigenvalue weighted by Gasteiger charge is -2.33. The lowest BCUT2D eigenvalue weighted by molar-refractivity contribution is -0.133. The molecule has 3 aromatic carbocycles. The summed E-state index contributed by atoms with van der Waals surface area (Å²) in [6.45, 7) is 4.07. The second kappa shape index (κ2) is 7.69. The highest BCUT2D eigenvalue weighted by Crippen LogP contribution is 2.62. The van der Waals surface area contributed by atoms with Crippen molar-refractivity contribution in [2.24, 2.45) is 11.8 Å². The molecule has 0 saturated carbocycles. The first-order valence-corrected chi connectivity index (χ1v) is 12.8. The Morgan fingerprint density at radius 2 is 1.84 bits per heavy atom. The van der Waals surface area contributed by atoms with Crippen molar-refractivity contribution in [3.63, 3.8) is 0 Å². The number of carbonyl (C=O) groups is 2. The SMILES string of the molecule is Cc1ccc2nn(CCC34CC(O)C(C)(O3)C3C(=O)N(c5ccc6ccccc6c5C#N)C(=O)C34)nc2c1. The molecule has 4 aromatic rings. The van der Waals surface area contributed by atoms with Gasteiger partial charge in [-0.2, -0.15) is 20.3 Å². The van der Waals surface area contributed by atoms with Crippen LogP contribution in [-0.4, -0.2) is 49.2 Å². The van der Waals surface area contributed by atoms with E-state index in [1.54, 1.807) is 17.8 Å². The van der Waals surface area contributed by atoms with E-state index in [4.69, 9.17) is 4.74 Å². The van der Waals surface area contributed by atoms with Crippen LogP contribution in [0.15, 0.2) is 54.6 Å². The average molecular weight is 508 g/mol. The fourth-order valence-electron chi connectivity index (χ4n) is 6.88. The van der Waals surface area contributed by atoms with Gasteiger partial charge in [0.15, 0.2) is 0 Å². The maximum Gasteiger partial charge on any atom is 0.240 e. The van der Waals surface area contributed by atoms with Crippen molar-refractivity contribution < 1.29 is 19.4 Å². The Morgan fingerprint density at radius 1 is 1.08 bits per heavy atom. The van der Waals surface area contributed by atoms with Crippen LogP contribution in [0.25, 0.3) is 21.8 Å². The van der Waals surface area contributed by atoms with Gasteiger partial charge in [0.05, 0.1) is 41.3 Å². The number of aliphatic hydroxyl groups is 1. The van der Waals surface area contributed by atoms with Crippen molar-refractivity contribution in [3.8, 4) is 6.07 Å². The molecule has 1 N–H and O–H groups in total. The van der Waals surface area contributed by atoms with Crippen molar-refractivity contribution in [2.45, 2.75) is 50.5 Å². The number of hydrogen-bond donors (Lipinski definition) is 1. The van der Waals surface area contributed by atoms with Gasteiger partial charge in [-0.05, 0) is 49.4 Å². The zero-order chi connectivity index (χ0) is 26.4. The quantitative estimate of drug-likeness (QED) is 0.421. The van der Waals surface area contributed by atoms with Gasteiger partial charge in [0, 0.05) is 11.8 Å². The van der Waals surface area contributed by atoms with E-state index in [1.165, 1.54) is 0 Å². The average Bonchev–Trinajstić information content (AvgIpc) is 3.58. The smallest absolute Gasteiger partial charge is 0.240 e. The molecule has 9 heteroatoms. The molecule has 7 rings (SSSR count). The van der Waals surface area contributed by atoms with Crippen LogP contribution in [0, 0.1) is 30.1 Å². The second-order valence-corrected chi connectivity index (χ2v) is 10.9. The number of amides is 2. The Morgan fingerprint density at radius 3 is 2.66 bits per heavy atom. The molecule has 38 heavy (non-hydrogen) atoms. The lowest BCUT2D eigenvalue weighted by atomic mass is 9.66. The minimum atomic E-state index is -1.20. The first kappa shape index (κ1) is 23.0. The highest BCUT2D eigenvalue weighted by Gasteiger charge is 2.77. The van der Waals surface area contributed by atoms with Crippen LogP contribution in [0.3, 0.4) is 0 Å². The third kappa shape index (κ3) is 2.93. The Bertz CT molecular complexity index is 1720. The molecule has 5 atom stereocenters. The Balaban J connectivity index is 1.27. The van der Waals surface area contributed by atoms with Gasteiger partial charge in [-0.15, -0.1) is 0 Å². The summed E-state index contributed by atoms with van der Waals surface area (Å²) in [5.41, 5.74) is 0.949. The predicted molar refractivity (Wildman–Crippen MR) is 138 cm³/mol. The van der Waals surface area contributed by atoms with Crippen LogP contribution in [0.2, 0.25) is 0 Å². The molecule has 1 aromatic heterocycles. The van der Waals surface area contributed by atoms with E-state index >= 15 is 0 Å². The Kier molecular flexibility index (Phi) is 4.66. The molecule has 5 unspecified atom stereocenters. The molecule has 3 saturated heterocycles. The number of carbonyl (C=O) groups excluding carboxylic acids is 2. The summed E-state index contributed by atoms with van der Waals surface area (Å²) in [6, 6.07) is 18.9. The zero-order valence-corrected chi connectivity index (χ0v) is 21.0. The number of aliphatic hydroxyl groups excluding tert-OH is 1. The monoisotopic (exact) mass is 507 g/mol. The molecule has 2 amide bonds. The number of rotatable bonds is 4. The predicted octanol–water partition coefficient (Wildman–Crippen LogP) is 3.25. The number of nitrogens with zero attached hydrogens (tertiary/aromatic N) is 5. The van der Waals surface area contributed by atoms with E-state index in [0.29, 0.717) is 18.4 Å². The van der Waals surface area contributed by atoms with Crippen LogP contribution < -0.4 is 4.90 Å². The number of fused-ring (bicyclic) bond motifs is 7. The summed E-state index contributed by atoms with van der Waals surface area (Å²) in [4.78, 5) is 30.7. The van der Waals surface area contributed by atoms with Crippen molar-refractivity contribution >= 4 is 39.3 Å². The second-order valence-electron chi connectivity index (χ2n) is 10.9. The van der Waals surface area contributed by atoms with Crippen molar-refractivity contribution in [3.05, 3.63) is 65.7 Å². The van der Waals surface area contributed by atoms with Crippen molar-refractivity contribution in [1.82, 2.24) is 15.0 Å². The van der Waals surface area contributed by atoms with Crippen LogP contribution in [0.4, 0.5) is 5.69 Å². The zero-order valence-electron chi connectivity index (χ0n) is 21.0. The van der Waals surface area contributed by atoms with Crippen LogP contribution in [-0.2, 0) is 20.9 Å². The third-order valence-electron chi connectivity index (χ3n) is 8.69. The van der Waals surface area contributed by atoms with Gasteiger partial charge >= 0.3 is 0 Å². The summed E-state index contributed by atoms with van der Waals surface area (Å²) in [5, 5.41) is 31.7. The molecule has 3 fully saturated rings. The maximum absolute atomic E-state index is 14.0. The fraction of sp³-hybridized carbons (Fsp3) is 0.345. The van der Waals surface area contributed by atoms with Crippen molar-refractivity contribution in [2.75, 3.05) is 4.90 Å². The van der Waals surface area contributed by atoms with Crippen LogP contribution in [0.5, 0.6) is 0 Å². The summed E-state index contributed by atoms with van der Waals surface area (Å²) in [7, 11) is 0. The highest BCUT2D eigenvalue weighted by molar-refractivity contribution is 6.24. The van der Waals surface area contributed by atoms with Crippen LogP contribution in [0.1, 0.15) is 30.9 Å². The van der Waals surface area contributed by atoms with Crippen molar-refractivity contribution in [1.29, 1.82) is 5.26 Å². The molecule has 0 aliphatic carbocycles. The van der Waals surface area contributed by atoms with E-state index in [0.717, 1.165) is 26.9 Å². The number of nitriles is 1. The van der Waals surface area contributed by atoms with E-state index in [9.17, 15) is 20.0 Å². The molecule has 2 bridgehead atoms. The van der Waals surface area contributed by atoms with Gasteiger partial charge in [-0.1, -0.05) is 36.4 Å². The number of aryl methyl sites for hydroxylation is 2. The highest BCUT2D eigenvalue weighted by atomic mass is 16.6. The molecule has 3 aliphatic rings. The first-order chi connectivity index (χ1) is 18.3. The summed E-state index contributed by atoms with van der Waals surface area (Å²) in [5.74, 6) is -2.44. The third-order valence-corrected chi connectivity index (χ3v) is 8.69. The minimum Gasteiger partial charge on any atom is -0.390 e. The standard InChI is InChI=1S/C29H25N5O4/c1-16-7-9-20-21(13-16)32-33(31-20)12-11-29-14-23(35)28(2,38-29)24-25(29)27(37)34(26(24)36)22-10-8-17-5-3-4-6-18(17)19(22)15-30/h3-10,13,23-25,35H,11-12,14H2,1-2H3. The van der Waals surface area contributed by atoms with Crippen LogP contribution >= 0.6 is 0 Å². The van der Waals surface area contributed by atoms with Gasteiger partial charge in [0.2, 0.25) is 11.8 Å². The molecule has 0 spiro atoms. The van der Waals surface area contributed by atoms with Gasteiger partial charge in [0.25, 0.3) is 0 Å². The Hall–Kier alpha value is -4.13. The van der Waals surface area contributed by atoms with Gasteiger partial charge < -0.3 is 9.84 Å². The van der Waals surface area contributed by atoms with Gasteiger partial charge in [-0.3, -0.25) is 9.59 Å². The normalized spacial score (nSPS) is 29.9. The van der Waals surface area contributed by atoms with E-state index in [2.05, 4.69) is 16.3 Å². The first-order valence-electron chi connectivity index (χ1n) is 12.8. The molecule has 3 aliphatic heterocycles. The molecule has 190 valence electrons. The number of ether oxygens (including phenoxy) is 1. The lowest BCUT2D eigenvalue weighted by Crippen LogP contribution is -2.49. The molecular weight excluding hydrogens is 482 g/mol. The molecule has 9 nitrogen and oxygen atoms in total. The number of anilines is 1. The number of imide groups is 1. The number of aromatic nitrogens is 3. The summed E-state index contributed by atoms with van der Waals surface area (Å²) >= 11 is 0. The van der Waals surface area contributed by atoms with Gasteiger partial charge in [-0.25, -0.2) is 4.90 Å². The largest absolute Gasteiger partial charge is 0.390 e.